The highest BCUT2D eigenvalue weighted by molar-refractivity contribution is 6.09. The molecule has 4 rings (SSSR count). The number of nitriles is 1. The van der Waals surface area contributed by atoms with E-state index in [0.29, 0.717) is 61.2 Å². The highest BCUT2D eigenvalue weighted by Crippen LogP contribution is 2.24. The van der Waals surface area contributed by atoms with Crippen molar-refractivity contribution < 1.29 is 18.7 Å². The molecule has 238 valence electrons. The Kier molecular flexibility index (Phi) is 10.8. The minimum atomic E-state index is -0.564. The summed E-state index contributed by atoms with van der Waals surface area (Å²) in [5.41, 5.74) is 9.57. The van der Waals surface area contributed by atoms with Crippen LogP contribution in [0.25, 0.3) is 11.3 Å². The number of ether oxygens (including phenoxy) is 1. The molecule has 0 radical (unpaired) electrons. The number of carbonyl (C=O) groups excluding carboxylic acids is 2. The van der Waals surface area contributed by atoms with Crippen LogP contribution in [-0.4, -0.2) is 45.6 Å². The number of nitrogens with zero attached hydrogens (tertiary/aromatic N) is 5. The second kappa shape index (κ2) is 14.9. The number of hydrogen-bond acceptors (Lipinski definition) is 9. The normalized spacial score (nSPS) is 11.0. The molecule has 0 saturated carbocycles. The van der Waals surface area contributed by atoms with Gasteiger partial charge in [0.1, 0.15) is 29.1 Å². The van der Waals surface area contributed by atoms with E-state index in [1.54, 1.807) is 6.20 Å². The minimum Gasteiger partial charge on any atom is -0.444 e. The van der Waals surface area contributed by atoms with Crippen molar-refractivity contribution in [2.45, 2.75) is 52.7 Å². The molecule has 0 aliphatic rings. The Balaban J connectivity index is 1.42. The maximum atomic E-state index is 13.6. The van der Waals surface area contributed by atoms with Gasteiger partial charge in [0, 0.05) is 37.1 Å². The van der Waals surface area contributed by atoms with Gasteiger partial charge >= 0.3 is 6.09 Å². The first kappa shape index (κ1) is 33.3. The molecule has 2 aromatic carbocycles. The molecule has 0 aliphatic carbocycles. The topological polar surface area (TPSA) is 159 Å². The molecule has 2 aromatic heterocycles. The third-order valence-electron chi connectivity index (χ3n) is 6.79. The molecule has 0 bridgehead atoms. The summed E-state index contributed by atoms with van der Waals surface area (Å²) in [6.07, 6.45) is 3.69. The van der Waals surface area contributed by atoms with Crippen molar-refractivity contribution in [3.05, 3.63) is 95.2 Å². The number of benzene rings is 2. The van der Waals surface area contributed by atoms with Gasteiger partial charge in [-0.05, 0) is 76.4 Å². The Bertz CT molecular complexity index is 1710. The van der Waals surface area contributed by atoms with Gasteiger partial charge in [-0.3, -0.25) is 4.79 Å². The Morgan fingerprint density at radius 2 is 1.78 bits per heavy atom. The van der Waals surface area contributed by atoms with Gasteiger partial charge in [-0.2, -0.15) is 5.26 Å². The zero-order chi connectivity index (χ0) is 33.3. The zero-order valence-corrected chi connectivity index (χ0v) is 26.3. The van der Waals surface area contributed by atoms with Gasteiger partial charge in [0.05, 0.1) is 28.7 Å². The van der Waals surface area contributed by atoms with Crippen LogP contribution in [0.3, 0.4) is 0 Å². The summed E-state index contributed by atoms with van der Waals surface area (Å²) in [4.78, 5) is 40.3. The smallest absolute Gasteiger partial charge is 0.407 e. The Morgan fingerprint density at radius 3 is 2.43 bits per heavy atom. The highest BCUT2D eigenvalue weighted by atomic mass is 19.1. The number of nitrogen functional groups attached to an aromatic ring is 1. The standard InChI is InChI=1S/C34H37FN8O3/c1-5-43(26-14-12-25(35)13-15-26)32(44)27-17-23(18-36)20-41-31(27)40-19-22-8-10-24(11-9-22)29-21-39-30(37)28(42-29)7-6-16-38-33(45)46-34(2,3)4/h8-15,17,20-21H,5-7,16,19H2,1-4H3,(H2,37,39)(H,38,45)(H,40,41). The summed E-state index contributed by atoms with van der Waals surface area (Å²) in [6, 6.07) is 16.9. The van der Waals surface area contributed by atoms with E-state index < -0.39 is 17.5 Å². The van der Waals surface area contributed by atoms with Crippen LogP contribution in [0.2, 0.25) is 0 Å². The number of rotatable bonds is 11. The van der Waals surface area contributed by atoms with E-state index >= 15 is 0 Å². The van der Waals surface area contributed by atoms with Crippen molar-refractivity contribution in [3.63, 3.8) is 0 Å². The molecule has 0 aliphatic heterocycles. The summed E-state index contributed by atoms with van der Waals surface area (Å²) in [5, 5.41) is 15.4. The highest BCUT2D eigenvalue weighted by Gasteiger charge is 2.21. The lowest BCUT2D eigenvalue weighted by Gasteiger charge is -2.22. The van der Waals surface area contributed by atoms with Crippen molar-refractivity contribution in [1.82, 2.24) is 20.3 Å². The van der Waals surface area contributed by atoms with Gasteiger partial charge in [0.15, 0.2) is 0 Å². The molecule has 4 N–H and O–H groups in total. The Labute approximate surface area is 267 Å². The number of pyridine rings is 1. The molecule has 2 heterocycles. The number of anilines is 3. The van der Waals surface area contributed by atoms with Crippen LogP contribution in [0.15, 0.2) is 67.0 Å². The molecule has 0 atom stereocenters. The van der Waals surface area contributed by atoms with Crippen LogP contribution < -0.4 is 21.3 Å². The van der Waals surface area contributed by atoms with E-state index in [9.17, 15) is 19.2 Å². The van der Waals surface area contributed by atoms with E-state index in [1.807, 2.05) is 58.0 Å². The largest absolute Gasteiger partial charge is 0.444 e. The quantitative estimate of drug-likeness (QED) is 0.174. The maximum absolute atomic E-state index is 13.6. The lowest BCUT2D eigenvalue weighted by Crippen LogP contribution is -2.33. The predicted octanol–water partition coefficient (Wildman–Crippen LogP) is 5.87. The Hall–Kier alpha value is -5.57. The third kappa shape index (κ3) is 8.98. The van der Waals surface area contributed by atoms with Crippen molar-refractivity contribution in [2.24, 2.45) is 0 Å². The summed E-state index contributed by atoms with van der Waals surface area (Å²) >= 11 is 0. The summed E-state index contributed by atoms with van der Waals surface area (Å²) in [7, 11) is 0. The summed E-state index contributed by atoms with van der Waals surface area (Å²) < 4.78 is 18.7. The lowest BCUT2D eigenvalue weighted by atomic mass is 10.1. The number of alkyl carbamates (subject to hydrolysis) is 1. The monoisotopic (exact) mass is 624 g/mol. The van der Waals surface area contributed by atoms with Crippen LogP contribution in [0, 0.1) is 17.1 Å². The van der Waals surface area contributed by atoms with Crippen LogP contribution in [0.1, 0.15) is 61.3 Å². The zero-order valence-electron chi connectivity index (χ0n) is 26.3. The average molecular weight is 625 g/mol. The number of aromatic nitrogens is 3. The number of carbonyl (C=O) groups is 2. The molecule has 2 amide bonds. The molecule has 12 heteroatoms. The number of aryl methyl sites for hydroxylation is 1. The molecule has 0 saturated heterocycles. The fraction of sp³-hybridized carbons (Fsp3) is 0.294. The van der Waals surface area contributed by atoms with Gasteiger partial charge in [-0.25, -0.2) is 24.1 Å². The van der Waals surface area contributed by atoms with E-state index in [0.717, 1.165) is 11.1 Å². The fourth-order valence-corrected chi connectivity index (χ4v) is 4.54. The number of hydrogen-bond donors (Lipinski definition) is 3. The van der Waals surface area contributed by atoms with Gasteiger partial charge in [-0.15, -0.1) is 0 Å². The van der Waals surface area contributed by atoms with Gasteiger partial charge in [-0.1, -0.05) is 24.3 Å². The summed E-state index contributed by atoms with van der Waals surface area (Å²) in [5.74, 6) is -0.107. The molecule has 46 heavy (non-hydrogen) atoms. The molecule has 0 fully saturated rings. The van der Waals surface area contributed by atoms with E-state index in [2.05, 4.69) is 20.6 Å². The molecule has 0 unspecified atom stereocenters. The van der Waals surface area contributed by atoms with Crippen molar-refractivity contribution >= 4 is 29.3 Å². The fourth-order valence-electron chi connectivity index (χ4n) is 4.54. The second-order valence-electron chi connectivity index (χ2n) is 11.4. The van der Waals surface area contributed by atoms with Crippen LogP contribution in [0.4, 0.5) is 26.5 Å². The molecular formula is C34H37FN8O3. The van der Waals surface area contributed by atoms with Crippen molar-refractivity contribution in [1.29, 1.82) is 5.26 Å². The second-order valence-corrected chi connectivity index (χ2v) is 11.4. The predicted molar refractivity (Wildman–Crippen MR) is 174 cm³/mol. The van der Waals surface area contributed by atoms with Crippen LogP contribution in [-0.2, 0) is 17.7 Å². The maximum Gasteiger partial charge on any atom is 0.407 e. The average Bonchev–Trinajstić information content (AvgIpc) is 3.03. The van der Waals surface area contributed by atoms with Gasteiger partial charge in [0.2, 0.25) is 0 Å². The van der Waals surface area contributed by atoms with Crippen LogP contribution in [0.5, 0.6) is 0 Å². The van der Waals surface area contributed by atoms with Crippen molar-refractivity contribution in [2.75, 3.05) is 29.0 Å². The first-order valence-corrected chi connectivity index (χ1v) is 14.9. The first-order valence-electron chi connectivity index (χ1n) is 14.9. The van der Waals surface area contributed by atoms with E-state index in [4.69, 9.17) is 15.5 Å². The van der Waals surface area contributed by atoms with Crippen LogP contribution >= 0.6 is 0 Å². The number of nitrogens with one attached hydrogen (secondary N) is 2. The van der Waals surface area contributed by atoms with E-state index in [-0.39, 0.29) is 17.0 Å². The van der Waals surface area contributed by atoms with Gasteiger partial charge < -0.3 is 26.0 Å². The summed E-state index contributed by atoms with van der Waals surface area (Å²) in [6.45, 7) is 8.33. The molecule has 0 spiro atoms. The molecular weight excluding hydrogens is 587 g/mol. The van der Waals surface area contributed by atoms with Gasteiger partial charge in [0.25, 0.3) is 5.91 Å². The third-order valence-corrected chi connectivity index (χ3v) is 6.79. The SMILES string of the molecule is CCN(C(=O)c1cc(C#N)cnc1NCc1ccc(-c2cnc(N)c(CCCNC(=O)OC(C)(C)C)n2)cc1)c1ccc(F)cc1. The number of halogens is 1. The Morgan fingerprint density at radius 1 is 1.07 bits per heavy atom. The molecule has 11 nitrogen and oxygen atoms in total. The van der Waals surface area contributed by atoms with Crippen molar-refractivity contribution in [3.8, 4) is 17.3 Å². The minimum absolute atomic E-state index is 0.229. The van der Waals surface area contributed by atoms with E-state index in [1.165, 1.54) is 41.4 Å². The number of nitrogens with two attached hydrogens (primary N) is 1. The molecule has 4 aromatic rings. The lowest BCUT2D eigenvalue weighted by molar-refractivity contribution is 0.0527. The number of amides is 2. The first-order chi connectivity index (χ1) is 22.0.